The van der Waals surface area contributed by atoms with Crippen molar-refractivity contribution >= 4 is 17.6 Å². The Balaban J connectivity index is 1.35. The Hall–Kier alpha value is -2.90. The fraction of sp³-hybridized carbons (Fsp3) is 0.444. The third-order valence-corrected chi connectivity index (χ3v) is 4.89. The molecule has 2 aromatic rings. The second-order valence-corrected chi connectivity index (χ2v) is 6.53. The Morgan fingerprint density at radius 1 is 0.846 bits per heavy atom. The summed E-state index contributed by atoms with van der Waals surface area (Å²) in [6, 6.07) is 6.96. The Labute approximate surface area is 151 Å². The van der Waals surface area contributed by atoms with Crippen molar-refractivity contribution in [3.63, 3.8) is 0 Å². The third-order valence-electron chi connectivity index (χ3n) is 4.89. The van der Waals surface area contributed by atoms with Crippen LogP contribution >= 0.6 is 0 Å². The summed E-state index contributed by atoms with van der Waals surface area (Å²) in [7, 11) is 0. The van der Waals surface area contributed by atoms with Crippen LogP contribution in [-0.2, 0) is 0 Å². The smallest absolute Gasteiger partial charge is 0.289 e. The van der Waals surface area contributed by atoms with Gasteiger partial charge in [-0.3, -0.25) is 9.59 Å². The number of hydrogen-bond acceptors (Lipinski definition) is 6. The van der Waals surface area contributed by atoms with Crippen molar-refractivity contribution in [3.05, 3.63) is 42.0 Å². The summed E-state index contributed by atoms with van der Waals surface area (Å²) in [6.07, 6.45) is 3.61. The van der Waals surface area contributed by atoms with Gasteiger partial charge < -0.3 is 19.1 Å². The van der Waals surface area contributed by atoms with E-state index in [0.717, 1.165) is 31.7 Å². The highest BCUT2D eigenvalue weighted by Crippen LogP contribution is 2.16. The van der Waals surface area contributed by atoms with E-state index in [1.165, 1.54) is 6.26 Å². The molecule has 8 nitrogen and oxygen atoms in total. The lowest BCUT2D eigenvalue weighted by Gasteiger charge is -2.34. The predicted octanol–water partition coefficient (Wildman–Crippen LogP) is 1.27. The maximum Gasteiger partial charge on any atom is 0.289 e. The van der Waals surface area contributed by atoms with Gasteiger partial charge >= 0.3 is 0 Å². The van der Waals surface area contributed by atoms with Gasteiger partial charge in [0.25, 0.3) is 11.8 Å². The summed E-state index contributed by atoms with van der Waals surface area (Å²) in [4.78, 5) is 30.3. The minimum atomic E-state index is -0.0905. The standard InChI is InChI=1S/C18H21N5O3/c24-17(22-7-1-2-8-22)14-5-6-16(20-19-14)21-9-11-23(12-10-21)18(25)15-4-3-13-26-15/h3-6,13H,1-2,7-12H2. The maximum absolute atomic E-state index is 12.3. The van der Waals surface area contributed by atoms with Crippen LogP contribution in [0.15, 0.2) is 34.9 Å². The van der Waals surface area contributed by atoms with Gasteiger partial charge in [0, 0.05) is 39.3 Å². The number of hydrogen-bond donors (Lipinski definition) is 0. The number of nitrogens with zero attached hydrogens (tertiary/aromatic N) is 5. The second kappa shape index (κ2) is 7.15. The molecule has 26 heavy (non-hydrogen) atoms. The van der Waals surface area contributed by atoms with Gasteiger partial charge in [-0.15, -0.1) is 10.2 Å². The number of aromatic nitrogens is 2. The highest BCUT2D eigenvalue weighted by atomic mass is 16.3. The summed E-state index contributed by atoms with van der Waals surface area (Å²) in [5, 5.41) is 8.34. The number of piperazine rings is 1. The van der Waals surface area contributed by atoms with Crippen molar-refractivity contribution < 1.29 is 14.0 Å². The van der Waals surface area contributed by atoms with Crippen LogP contribution in [0.5, 0.6) is 0 Å². The van der Waals surface area contributed by atoms with E-state index in [-0.39, 0.29) is 11.8 Å². The number of likely N-dealkylation sites (tertiary alicyclic amines) is 1. The molecular formula is C18H21N5O3. The molecule has 2 aliphatic rings. The topological polar surface area (TPSA) is 82.8 Å². The molecule has 0 radical (unpaired) electrons. The van der Waals surface area contributed by atoms with Crippen molar-refractivity contribution in [2.75, 3.05) is 44.2 Å². The molecule has 2 saturated heterocycles. The first-order valence-corrected chi connectivity index (χ1v) is 8.93. The van der Waals surface area contributed by atoms with Gasteiger partial charge in [0.15, 0.2) is 17.3 Å². The van der Waals surface area contributed by atoms with E-state index < -0.39 is 0 Å². The minimum absolute atomic E-state index is 0.0459. The Kier molecular flexibility index (Phi) is 4.55. The van der Waals surface area contributed by atoms with E-state index in [0.29, 0.717) is 37.6 Å². The molecule has 0 saturated carbocycles. The summed E-state index contributed by atoms with van der Waals surface area (Å²) in [5.41, 5.74) is 0.391. The van der Waals surface area contributed by atoms with Crippen molar-refractivity contribution in [2.45, 2.75) is 12.8 Å². The molecule has 0 atom stereocenters. The van der Waals surface area contributed by atoms with Crippen LogP contribution in [0.1, 0.15) is 33.9 Å². The first-order valence-electron chi connectivity index (χ1n) is 8.93. The van der Waals surface area contributed by atoms with Gasteiger partial charge in [0.1, 0.15) is 0 Å². The normalized spacial score (nSPS) is 17.6. The fourth-order valence-electron chi connectivity index (χ4n) is 3.38. The van der Waals surface area contributed by atoms with Crippen molar-refractivity contribution in [3.8, 4) is 0 Å². The van der Waals surface area contributed by atoms with Gasteiger partial charge in [0.05, 0.1) is 6.26 Å². The zero-order chi connectivity index (χ0) is 17.9. The van der Waals surface area contributed by atoms with Crippen LogP contribution in [0.4, 0.5) is 5.82 Å². The molecule has 0 aromatic carbocycles. The van der Waals surface area contributed by atoms with E-state index in [1.54, 1.807) is 23.1 Å². The highest BCUT2D eigenvalue weighted by Gasteiger charge is 2.25. The minimum Gasteiger partial charge on any atom is -0.459 e. The van der Waals surface area contributed by atoms with Gasteiger partial charge in [-0.2, -0.15) is 0 Å². The average molecular weight is 355 g/mol. The first kappa shape index (κ1) is 16.6. The van der Waals surface area contributed by atoms with E-state index in [9.17, 15) is 9.59 Å². The SMILES string of the molecule is O=C(c1ccc(N2CCN(C(=O)c3ccco3)CC2)nn1)N1CCCC1. The number of rotatable bonds is 3. The molecule has 2 aliphatic heterocycles. The van der Waals surface area contributed by atoms with Gasteiger partial charge in [0.2, 0.25) is 0 Å². The maximum atomic E-state index is 12.3. The monoisotopic (exact) mass is 355 g/mol. The summed E-state index contributed by atoms with van der Waals surface area (Å²) in [6.45, 7) is 4.12. The van der Waals surface area contributed by atoms with Crippen LogP contribution < -0.4 is 4.90 Å². The van der Waals surface area contributed by atoms with Crippen molar-refractivity contribution in [2.24, 2.45) is 0 Å². The molecule has 4 rings (SSSR count). The lowest BCUT2D eigenvalue weighted by Crippen LogP contribution is -2.49. The molecule has 136 valence electrons. The molecule has 8 heteroatoms. The third kappa shape index (κ3) is 3.26. The number of furan rings is 1. The van der Waals surface area contributed by atoms with E-state index in [4.69, 9.17) is 4.42 Å². The number of amides is 2. The van der Waals surface area contributed by atoms with E-state index in [2.05, 4.69) is 15.1 Å². The van der Waals surface area contributed by atoms with Crippen LogP contribution in [0.2, 0.25) is 0 Å². The molecule has 0 N–H and O–H groups in total. The van der Waals surface area contributed by atoms with Gasteiger partial charge in [-0.1, -0.05) is 0 Å². The molecule has 0 spiro atoms. The molecule has 0 aliphatic carbocycles. The lowest BCUT2D eigenvalue weighted by atomic mass is 10.2. The zero-order valence-electron chi connectivity index (χ0n) is 14.5. The number of anilines is 1. The molecule has 2 aromatic heterocycles. The summed E-state index contributed by atoms with van der Waals surface area (Å²) < 4.78 is 5.17. The van der Waals surface area contributed by atoms with Crippen LogP contribution in [0.3, 0.4) is 0 Å². The molecule has 4 heterocycles. The van der Waals surface area contributed by atoms with Crippen LogP contribution in [-0.4, -0.2) is 71.1 Å². The summed E-state index contributed by atoms with van der Waals surface area (Å²) in [5.74, 6) is 0.957. The Bertz CT molecular complexity index is 761. The quantitative estimate of drug-likeness (QED) is 0.825. The highest BCUT2D eigenvalue weighted by molar-refractivity contribution is 5.92. The van der Waals surface area contributed by atoms with Crippen LogP contribution in [0.25, 0.3) is 0 Å². The van der Waals surface area contributed by atoms with Crippen LogP contribution in [0, 0.1) is 0 Å². The van der Waals surface area contributed by atoms with Gasteiger partial charge in [-0.25, -0.2) is 0 Å². The van der Waals surface area contributed by atoms with Crippen molar-refractivity contribution in [1.82, 2.24) is 20.0 Å². The fourth-order valence-corrected chi connectivity index (χ4v) is 3.38. The second-order valence-electron chi connectivity index (χ2n) is 6.53. The number of carbonyl (C=O) groups is 2. The number of carbonyl (C=O) groups excluding carboxylic acids is 2. The summed E-state index contributed by atoms with van der Waals surface area (Å²) >= 11 is 0. The predicted molar refractivity (Wildman–Crippen MR) is 94.0 cm³/mol. The van der Waals surface area contributed by atoms with Crippen molar-refractivity contribution in [1.29, 1.82) is 0 Å². The largest absolute Gasteiger partial charge is 0.459 e. The molecule has 0 unspecified atom stereocenters. The first-order chi connectivity index (χ1) is 12.7. The zero-order valence-corrected chi connectivity index (χ0v) is 14.5. The van der Waals surface area contributed by atoms with E-state index in [1.807, 2.05) is 11.0 Å². The molecule has 2 amide bonds. The Morgan fingerprint density at radius 2 is 1.58 bits per heavy atom. The molecule has 2 fully saturated rings. The Morgan fingerprint density at radius 3 is 2.19 bits per heavy atom. The average Bonchev–Trinajstić information content (AvgIpc) is 3.41. The lowest BCUT2D eigenvalue weighted by molar-refractivity contribution is 0.0713. The van der Waals surface area contributed by atoms with E-state index >= 15 is 0 Å². The van der Waals surface area contributed by atoms with Gasteiger partial charge in [-0.05, 0) is 37.1 Å². The molecule has 0 bridgehead atoms. The molecular weight excluding hydrogens is 334 g/mol.